The highest BCUT2D eigenvalue weighted by Crippen LogP contribution is 2.09. The third-order valence-corrected chi connectivity index (χ3v) is 1.59. The molecule has 64 valence electrons. The molecule has 1 aromatic rings. The summed E-state index contributed by atoms with van der Waals surface area (Å²) in [5, 5.41) is 4.48. The minimum atomic E-state index is 0.431. The Bertz CT molecular complexity index is 296. The third kappa shape index (κ3) is 2.13. The van der Waals surface area contributed by atoms with Crippen molar-refractivity contribution in [2.75, 3.05) is 7.05 Å². The highest BCUT2D eigenvalue weighted by molar-refractivity contribution is 6.31. The van der Waals surface area contributed by atoms with Crippen molar-refractivity contribution < 1.29 is 0 Å². The number of benzene rings is 1. The van der Waals surface area contributed by atoms with Crippen LogP contribution in [0.15, 0.2) is 29.4 Å². The van der Waals surface area contributed by atoms with Gasteiger partial charge in [0, 0.05) is 17.6 Å². The highest BCUT2D eigenvalue weighted by atomic mass is 35.5. The molecule has 3 N–H and O–H groups in total. The van der Waals surface area contributed by atoms with Crippen LogP contribution >= 0.6 is 11.6 Å². The van der Waals surface area contributed by atoms with Crippen molar-refractivity contribution in [1.82, 2.24) is 5.43 Å². The predicted molar refractivity (Wildman–Crippen MR) is 51.2 cm³/mol. The molecule has 0 aliphatic rings. The number of hydrogen-bond acceptors (Lipinski definition) is 2. The average molecular weight is 184 g/mol. The van der Waals surface area contributed by atoms with Gasteiger partial charge in [0.15, 0.2) is 5.84 Å². The van der Waals surface area contributed by atoms with Gasteiger partial charge in [0.2, 0.25) is 0 Å². The van der Waals surface area contributed by atoms with E-state index in [1.807, 2.05) is 12.1 Å². The van der Waals surface area contributed by atoms with E-state index in [0.29, 0.717) is 10.9 Å². The zero-order valence-electron chi connectivity index (χ0n) is 6.71. The molecule has 0 atom stereocenters. The molecule has 0 aromatic heterocycles. The Kier molecular flexibility index (Phi) is 2.94. The lowest BCUT2D eigenvalue weighted by atomic mass is 10.2. The van der Waals surface area contributed by atoms with Crippen molar-refractivity contribution in [2.24, 2.45) is 10.8 Å². The van der Waals surface area contributed by atoms with Gasteiger partial charge in [0.25, 0.3) is 0 Å². The average Bonchev–Trinajstić information content (AvgIpc) is 2.05. The molecule has 0 heterocycles. The fraction of sp³-hybridized carbons (Fsp3) is 0.125. The van der Waals surface area contributed by atoms with Crippen LogP contribution in [0.1, 0.15) is 5.56 Å². The van der Waals surface area contributed by atoms with Gasteiger partial charge in [-0.05, 0) is 12.1 Å². The van der Waals surface area contributed by atoms with E-state index in [9.17, 15) is 0 Å². The summed E-state index contributed by atoms with van der Waals surface area (Å²) in [6, 6.07) is 7.23. The van der Waals surface area contributed by atoms with Gasteiger partial charge >= 0.3 is 0 Å². The molecule has 0 amide bonds. The van der Waals surface area contributed by atoms with E-state index in [-0.39, 0.29) is 0 Å². The number of hydrogen-bond donors (Lipinski definition) is 2. The number of nitrogens with zero attached hydrogens (tertiary/aromatic N) is 1. The molecule has 1 rings (SSSR count). The molecule has 0 fully saturated rings. The summed E-state index contributed by atoms with van der Waals surface area (Å²) in [6.07, 6.45) is 0. The molecule has 0 saturated carbocycles. The number of rotatable bonds is 2. The Morgan fingerprint density at radius 3 is 2.92 bits per heavy atom. The van der Waals surface area contributed by atoms with Crippen LogP contribution in [0.2, 0.25) is 5.02 Å². The standard InChI is InChI=1S/C8H10ClN3/c1-11-12-8(10)6-3-2-4-7(9)5-6/h2-5,11H,1H3,(H2,10,12). The van der Waals surface area contributed by atoms with Gasteiger partial charge < -0.3 is 11.2 Å². The van der Waals surface area contributed by atoms with Crippen molar-refractivity contribution >= 4 is 17.4 Å². The number of nitrogens with two attached hydrogens (primary N) is 1. The van der Waals surface area contributed by atoms with Crippen LogP contribution in [0.25, 0.3) is 0 Å². The SMILES string of the molecule is CN/N=C(\N)c1cccc(Cl)c1. The zero-order valence-corrected chi connectivity index (χ0v) is 7.47. The van der Waals surface area contributed by atoms with E-state index in [1.165, 1.54) is 0 Å². The zero-order chi connectivity index (χ0) is 8.97. The number of amidine groups is 1. The van der Waals surface area contributed by atoms with E-state index in [2.05, 4.69) is 10.5 Å². The lowest BCUT2D eigenvalue weighted by Gasteiger charge is -1.99. The lowest BCUT2D eigenvalue weighted by molar-refractivity contribution is 0.898. The largest absolute Gasteiger partial charge is 0.382 e. The van der Waals surface area contributed by atoms with Gasteiger partial charge in [0.1, 0.15) is 0 Å². The van der Waals surface area contributed by atoms with Gasteiger partial charge in [-0.2, -0.15) is 5.10 Å². The smallest absolute Gasteiger partial charge is 0.150 e. The van der Waals surface area contributed by atoms with E-state index < -0.39 is 0 Å². The monoisotopic (exact) mass is 183 g/mol. The molecule has 12 heavy (non-hydrogen) atoms. The molecule has 0 aliphatic carbocycles. The van der Waals surface area contributed by atoms with Crippen molar-refractivity contribution in [3.8, 4) is 0 Å². The first kappa shape index (κ1) is 8.87. The normalized spacial score (nSPS) is 11.3. The van der Waals surface area contributed by atoms with Crippen LogP contribution in [0.3, 0.4) is 0 Å². The Hall–Kier alpha value is -1.22. The maximum absolute atomic E-state index is 5.76. The third-order valence-electron chi connectivity index (χ3n) is 1.35. The minimum Gasteiger partial charge on any atom is -0.382 e. The van der Waals surface area contributed by atoms with Crippen LogP contribution in [-0.2, 0) is 0 Å². The highest BCUT2D eigenvalue weighted by Gasteiger charge is 1.97. The second-order valence-corrected chi connectivity index (χ2v) is 2.67. The molecular weight excluding hydrogens is 174 g/mol. The molecule has 4 heteroatoms. The van der Waals surface area contributed by atoms with Gasteiger partial charge in [-0.3, -0.25) is 0 Å². The van der Waals surface area contributed by atoms with Gasteiger partial charge in [0.05, 0.1) is 0 Å². The summed E-state index contributed by atoms with van der Waals surface area (Å²) in [7, 11) is 1.69. The van der Waals surface area contributed by atoms with Crippen molar-refractivity contribution in [3.05, 3.63) is 34.9 Å². The van der Waals surface area contributed by atoms with Gasteiger partial charge in [-0.25, -0.2) is 0 Å². The van der Waals surface area contributed by atoms with E-state index >= 15 is 0 Å². The maximum Gasteiger partial charge on any atom is 0.150 e. The molecule has 0 unspecified atom stereocenters. The first-order valence-electron chi connectivity index (χ1n) is 3.50. The summed E-state index contributed by atoms with van der Waals surface area (Å²) in [6.45, 7) is 0. The summed E-state index contributed by atoms with van der Waals surface area (Å²) >= 11 is 5.76. The van der Waals surface area contributed by atoms with Gasteiger partial charge in [-0.1, -0.05) is 23.7 Å². The predicted octanol–water partition coefficient (Wildman–Crippen LogP) is 1.18. The molecule has 3 nitrogen and oxygen atoms in total. The molecule has 0 spiro atoms. The topological polar surface area (TPSA) is 50.4 Å². The van der Waals surface area contributed by atoms with E-state index in [1.54, 1.807) is 19.2 Å². The minimum absolute atomic E-state index is 0.431. The van der Waals surface area contributed by atoms with Gasteiger partial charge in [-0.15, -0.1) is 0 Å². The molecule has 1 aromatic carbocycles. The summed E-state index contributed by atoms with van der Waals surface area (Å²) in [4.78, 5) is 0. The first-order valence-corrected chi connectivity index (χ1v) is 3.87. The summed E-state index contributed by atoms with van der Waals surface area (Å²) in [5.74, 6) is 0.431. The van der Waals surface area contributed by atoms with Crippen LogP contribution < -0.4 is 11.2 Å². The Morgan fingerprint density at radius 1 is 1.58 bits per heavy atom. The molecule has 0 bridgehead atoms. The number of halogens is 1. The fourth-order valence-corrected chi connectivity index (χ4v) is 1.02. The second-order valence-electron chi connectivity index (χ2n) is 2.23. The van der Waals surface area contributed by atoms with Crippen LogP contribution in [0, 0.1) is 0 Å². The molecular formula is C8H10ClN3. The molecule has 0 saturated heterocycles. The molecule has 0 aliphatic heterocycles. The number of nitrogens with one attached hydrogen (secondary N) is 1. The van der Waals surface area contributed by atoms with Crippen LogP contribution in [0.4, 0.5) is 0 Å². The summed E-state index contributed by atoms with van der Waals surface area (Å²) in [5.41, 5.74) is 9.03. The van der Waals surface area contributed by atoms with E-state index in [0.717, 1.165) is 5.56 Å². The molecule has 0 radical (unpaired) electrons. The van der Waals surface area contributed by atoms with Crippen LogP contribution in [0.5, 0.6) is 0 Å². The van der Waals surface area contributed by atoms with Crippen molar-refractivity contribution in [1.29, 1.82) is 0 Å². The first-order chi connectivity index (χ1) is 5.74. The van der Waals surface area contributed by atoms with Crippen molar-refractivity contribution in [2.45, 2.75) is 0 Å². The van der Waals surface area contributed by atoms with Crippen molar-refractivity contribution in [3.63, 3.8) is 0 Å². The lowest BCUT2D eigenvalue weighted by Crippen LogP contribution is -2.16. The summed E-state index contributed by atoms with van der Waals surface area (Å²) < 4.78 is 0. The quantitative estimate of drug-likeness (QED) is 0.411. The maximum atomic E-state index is 5.76. The fourth-order valence-electron chi connectivity index (χ4n) is 0.833. The Labute approximate surface area is 76.2 Å². The second kappa shape index (κ2) is 3.97. The number of hydrazone groups is 1. The Morgan fingerprint density at radius 2 is 2.33 bits per heavy atom. The Balaban J connectivity index is 2.95. The van der Waals surface area contributed by atoms with E-state index in [4.69, 9.17) is 17.3 Å². The van der Waals surface area contributed by atoms with Crippen LogP contribution in [-0.4, -0.2) is 12.9 Å².